The number of rotatable bonds is 8. The van der Waals surface area contributed by atoms with Gasteiger partial charge in [0.2, 0.25) is 0 Å². The van der Waals surface area contributed by atoms with Crippen LogP contribution in [0.2, 0.25) is 0 Å². The van der Waals surface area contributed by atoms with Crippen molar-refractivity contribution in [2.24, 2.45) is 0 Å². The Bertz CT molecular complexity index is 426. The van der Waals surface area contributed by atoms with Crippen LogP contribution in [-0.2, 0) is 4.74 Å². The molecule has 0 bridgehead atoms. The van der Waals surface area contributed by atoms with E-state index >= 15 is 0 Å². The summed E-state index contributed by atoms with van der Waals surface area (Å²) >= 11 is 0. The molecule has 1 rings (SSSR count). The van der Waals surface area contributed by atoms with Gasteiger partial charge in [0.1, 0.15) is 5.60 Å². The van der Waals surface area contributed by atoms with Crippen molar-refractivity contribution in [3.63, 3.8) is 0 Å². The summed E-state index contributed by atoms with van der Waals surface area (Å²) < 4.78 is 5.36. The summed E-state index contributed by atoms with van der Waals surface area (Å²) in [5, 5.41) is 6.40. The third-order valence-corrected chi connectivity index (χ3v) is 3.21. The second-order valence-corrected chi connectivity index (χ2v) is 6.50. The van der Waals surface area contributed by atoms with Gasteiger partial charge in [0.15, 0.2) is 0 Å². The van der Waals surface area contributed by atoms with Crippen molar-refractivity contribution in [2.45, 2.75) is 58.6 Å². The Balaban J connectivity index is 2.57. The molecule has 0 aromatic heterocycles. The summed E-state index contributed by atoms with van der Waals surface area (Å²) in [5.41, 5.74) is 0.621. The van der Waals surface area contributed by atoms with E-state index in [9.17, 15) is 4.79 Å². The van der Waals surface area contributed by atoms with Crippen molar-refractivity contribution in [2.75, 3.05) is 13.1 Å². The van der Waals surface area contributed by atoms with Crippen LogP contribution in [0.15, 0.2) is 30.3 Å². The maximum absolute atomic E-state index is 12.0. The summed E-state index contributed by atoms with van der Waals surface area (Å²) in [4.78, 5) is 12.0. The average Bonchev–Trinajstić information content (AvgIpc) is 2.45. The lowest BCUT2D eigenvalue weighted by Gasteiger charge is -2.24. The normalized spacial score (nSPS) is 12.7. The van der Waals surface area contributed by atoms with E-state index in [1.165, 1.54) is 12.8 Å². The van der Waals surface area contributed by atoms with Crippen LogP contribution in [-0.4, -0.2) is 24.8 Å². The van der Waals surface area contributed by atoms with Crippen LogP contribution in [0.4, 0.5) is 4.79 Å². The van der Waals surface area contributed by atoms with Crippen LogP contribution in [0.5, 0.6) is 0 Å². The fourth-order valence-corrected chi connectivity index (χ4v) is 2.13. The van der Waals surface area contributed by atoms with Crippen molar-refractivity contribution in [1.29, 1.82) is 0 Å². The van der Waals surface area contributed by atoms with Crippen molar-refractivity contribution < 1.29 is 9.53 Å². The Morgan fingerprint density at radius 2 is 1.86 bits per heavy atom. The number of hydrogen-bond acceptors (Lipinski definition) is 3. The monoisotopic (exact) mass is 306 g/mol. The molecule has 0 saturated carbocycles. The summed E-state index contributed by atoms with van der Waals surface area (Å²) in [6, 6.07) is 9.99. The van der Waals surface area contributed by atoms with Gasteiger partial charge in [-0.1, -0.05) is 43.7 Å². The zero-order chi connectivity index (χ0) is 16.4. The molecule has 0 saturated heterocycles. The molecule has 0 aliphatic carbocycles. The molecule has 0 spiro atoms. The summed E-state index contributed by atoms with van der Waals surface area (Å²) in [7, 11) is 0. The fourth-order valence-electron chi connectivity index (χ4n) is 2.13. The lowest BCUT2D eigenvalue weighted by Crippen LogP contribution is -2.36. The van der Waals surface area contributed by atoms with Crippen LogP contribution in [0, 0.1) is 0 Å². The first kappa shape index (κ1) is 18.5. The first-order valence-corrected chi connectivity index (χ1v) is 8.17. The minimum atomic E-state index is -0.481. The number of unbranched alkanes of at least 4 members (excludes halogenated alkanes) is 1. The van der Waals surface area contributed by atoms with E-state index in [0.717, 1.165) is 25.1 Å². The SMILES string of the molecule is CCCCNCCC(NC(=O)OC(C)(C)C)c1ccccc1. The zero-order valence-electron chi connectivity index (χ0n) is 14.3. The average molecular weight is 306 g/mol. The number of carbonyl (C=O) groups excluding carboxylic acids is 1. The largest absolute Gasteiger partial charge is 0.444 e. The molecule has 2 N–H and O–H groups in total. The molecule has 4 heteroatoms. The Morgan fingerprint density at radius 3 is 2.45 bits per heavy atom. The van der Waals surface area contributed by atoms with Crippen molar-refractivity contribution in [3.05, 3.63) is 35.9 Å². The van der Waals surface area contributed by atoms with Crippen molar-refractivity contribution >= 4 is 6.09 Å². The Labute approximate surface area is 134 Å². The van der Waals surface area contributed by atoms with Gasteiger partial charge in [-0.15, -0.1) is 0 Å². The standard InChI is InChI=1S/C18H30N2O2/c1-5-6-13-19-14-12-16(15-10-8-7-9-11-15)20-17(21)22-18(2,3)4/h7-11,16,19H,5-6,12-14H2,1-4H3,(H,20,21). The summed E-state index contributed by atoms with van der Waals surface area (Å²) in [6.07, 6.45) is 2.84. The van der Waals surface area contributed by atoms with Gasteiger partial charge in [-0.2, -0.15) is 0 Å². The molecule has 22 heavy (non-hydrogen) atoms. The van der Waals surface area contributed by atoms with Crippen LogP contribution < -0.4 is 10.6 Å². The van der Waals surface area contributed by atoms with E-state index in [-0.39, 0.29) is 12.1 Å². The molecule has 1 unspecified atom stereocenters. The van der Waals surface area contributed by atoms with E-state index in [1.807, 2.05) is 51.1 Å². The van der Waals surface area contributed by atoms with Gasteiger partial charge in [-0.3, -0.25) is 0 Å². The summed E-state index contributed by atoms with van der Waals surface area (Å²) in [5.74, 6) is 0. The zero-order valence-corrected chi connectivity index (χ0v) is 14.3. The maximum atomic E-state index is 12.0. The van der Waals surface area contributed by atoms with Crippen LogP contribution >= 0.6 is 0 Å². The van der Waals surface area contributed by atoms with E-state index < -0.39 is 5.60 Å². The lowest BCUT2D eigenvalue weighted by molar-refractivity contribution is 0.0501. The quantitative estimate of drug-likeness (QED) is 0.713. The van der Waals surface area contributed by atoms with Crippen LogP contribution in [0.25, 0.3) is 0 Å². The second-order valence-electron chi connectivity index (χ2n) is 6.50. The smallest absolute Gasteiger partial charge is 0.408 e. The minimum Gasteiger partial charge on any atom is -0.444 e. The van der Waals surface area contributed by atoms with Crippen LogP contribution in [0.3, 0.4) is 0 Å². The molecule has 0 aliphatic heterocycles. The predicted octanol–water partition coefficient (Wildman–Crippen LogP) is 4.03. The molecule has 1 aromatic carbocycles. The lowest BCUT2D eigenvalue weighted by atomic mass is 10.0. The molecule has 4 nitrogen and oxygen atoms in total. The topological polar surface area (TPSA) is 50.4 Å². The van der Waals surface area contributed by atoms with E-state index in [2.05, 4.69) is 17.6 Å². The van der Waals surface area contributed by atoms with E-state index in [4.69, 9.17) is 4.74 Å². The molecular formula is C18H30N2O2. The van der Waals surface area contributed by atoms with E-state index in [1.54, 1.807) is 0 Å². The van der Waals surface area contributed by atoms with Gasteiger partial charge in [0, 0.05) is 0 Å². The number of carbonyl (C=O) groups is 1. The first-order chi connectivity index (χ1) is 10.4. The highest BCUT2D eigenvalue weighted by Crippen LogP contribution is 2.17. The first-order valence-electron chi connectivity index (χ1n) is 8.17. The molecule has 0 fully saturated rings. The fraction of sp³-hybridized carbons (Fsp3) is 0.611. The number of amides is 1. The Hall–Kier alpha value is -1.55. The van der Waals surface area contributed by atoms with Gasteiger partial charge in [-0.05, 0) is 52.3 Å². The number of ether oxygens (including phenoxy) is 1. The van der Waals surface area contributed by atoms with Crippen LogP contribution in [0.1, 0.15) is 58.6 Å². The number of hydrogen-bond donors (Lipinski definition) is 2. The Kier molecular flexibility index (Phi) is 7.96. The van der Waals surface area contributed by atoms with Gasteiger partial charge in [0.25, 0.3) is 0 Å². The predicted molar refractivity (Wildman–Crippen MR) is 90.9 cm³/mol. The van der Waals surface area contributed by atoms with Gasteiger partial charge < -0.3 is 15.4 Å². The summed E-state index contributed by atoms with van der Waals surface area (Å²) in [6.45, 7) is 9.68. The molecule has 1 atom stereocenters. The third-order valence-electron chi connectivity index (χ3n) is 3.21. The maximum Gasteiger partial charge on any atom is 0.408 e. The highest BCUT2D eigenvalue weighted by atomic mass is 16.6. The number of alkyl carbamates (subject to hydrolysis) is 1. The molecule has 1 amide bonds. The minimum absolute atomic E-state index is 0.0369. The second kappa shape index (κ2) is 9.46. The molecule has 124 valence electrons. The molecule has 0 aliphatic rings. The molecule has 0 radical (unpaired) electrons. The molecule has 1 aromatic rings. The van der Waals surface area contributed by atoms with E-state index in [0.29, 0.717) is 0 Å². The van der Waals surface area contributed by atoms with Crippen molar-refractivity contribution in [1.82, 2.24) is 10.6 Å². The highest BCUT2D eigenvalue weighted by Gasteiger charge is 2.20. The number of nitrogens with one attached hydrogen (secondary N) is 2. The molecule has 0 heterocycles. The van der Waals surface area contributed by atoms with Crippen molar-refractivity contribution in [3.8, 4) is 0 Å². The Morgan fingerprint density at radius 1 is 1.18 bits per heavy atom. The van der Waals surface area contributed by atoms with Gasteiger partial charge in [-0.25, -0.2) is 4.79 Å². The third kappa shape index (κ3) is 8.03. The van der Waals surface area contributed by atoms with Gasteiger partial charge >= 0.3 is 6.09 Å². The number of benzene rings is 1. The van der Waals surface area contributed by atoms with Gasteiger partial charge in [0.05, 0.1) is 6.04 Å². The molecular weight excluding hydrogens is 276 g/mol. The highest BCUT2D eigenvalue weighted by molar-refractivity contribution is 5.68.